The second-order valence-electron chi connectivity index (χ2n) is 8.24. The fourth-order valence-corrected chi connectivity index (χ4v) is 5.13. The molecular formula is C26H24N2O6S. The monoisotopic (exact) mass is 492 g/mol. The first-order chi connectivity index (χ1) is 16.7. The fraction of sp³-hybridized carbons (Fsp3) is 0.192. The summed E-state index contributed by atoms with van der Waals surface area (Å²) in [4.78, 5) is 39.6. The van der Waals surface area contributed by atoms with Crippen LogP contribution in [-0.4, -0.2) is 37.1 Å². The molecular weight excluding hydrogens is 468 g/mol. The largest absolute Gasteiger partial charge is 0.437 e. The summed E-state index contributed by atoms with van der Waals surface area (Å²) in [5.41, 5.74) is 2.14. The van der Waals surface area contributed by atoms with E-state index in [0.717, 1.165) is 10.5 Å². The molecule has 35 heavy (non-hydrogen) atoms. The van der Waals surface area contributed by atoms with Crippen molar-refractivity contribution in [2.24, 2.45) is 0 Å². The number of sulfonamides is 1. The molecule has 2 amide bonds. The van der Waals surface area contributed by atoms with Crippen molar-refractivity contribution >= 4 is 27.8 Å². The summed E-state index contributed by atoms with van der Waals surface area (Å²) in [6.45, 7) is 3.01. The highest BCUT2D eigenvalue weighted by atomic mass is 32.2. The molecule has 0 bridgehead atoms. The maximum atomic E-state index is 13.8. The summed E-state index contributed by atoms with van der Waals surface area (Å²) in [6.07, 6.45) is -1.30. The number of fused-ring (bicyclic) bond motifs is 1. The number of carbonyl (C=O) groups is 3. The van der Waals surface area contributed by atoms with Crippen molar-refractivity contribution in [1.29, 1.82) is 0 Å². The van der Waals surface area contributed by atoms with Gasteiger partial charge in [0.15, 0.2) is 0 Å². The van der Waals surface area contributed by atoms with Gasteiger partial charge in [-0.2, -0.15) is 4.72 Å². The zero-order chi connectivity index (χ0) is 25.2. The van der Waals surface area contributed by atoms with Crippen molar-refractivity contribution in [2.75, 3.05) is 0 Å². The zero-order valence-corrected chi connectivity index (χ0v) is 20.0. The number of amides is 2. The van der Waals surface area contributed by atoms with Crippen LogP contribution in [-0.2, 0) is 30.8 Å². The van der Waals surface area contributed by atoms with E-state index >= 15 is 0 Å². The highest BCUT2D eigenvalue weighted by Crippen LogP contribution is 2.35. The van der Waals surface area contributed by atoms with Crippen LogP contribution < -0.4 is 4.72 Å². The van der Waals surface area contributed by atoms with E-state index in [9.17, 15) is 22.8 Å². The number of imide groups is 1. The third-order valence-corrected chi connectivity index (χ3v) is 7.12. The van der Waals surface area contributed by atoms with Crippen LogP contribution in [0.1, 0.15) is 40.2 Å². The number of nitrogens with one attached hydrogen (secondary N) is 1. The van der Waals surface area contributed by atoms with E-state index in [-0.39, 0.29) is 16.9 Å². The van der Waals surface area contributed by atoms with Gasteiger partial charge in [0.05, 0.1) is 4.90 Å². The van der Waals surface area contributed by atoms with Crippen LogP contribution in [0.2, 0.25) is 0 Å². The topological polar surface area (TPSA) is 110 Å². The smallest absolute Gasteiger partial charge is 0.304 e. The van der Waals surface area contributed by atoms with Gasteiger partial charge in [0.2, 0.25) is 16.3 Å². The highest BCUT2D eigenvalue weighted by molar-refractivity contribution is 7.89. The first-order valence-corrected chi connectivity index (χ1v) is 12.4. The van der Waals surface area contributed by atoms with Gasteiger partial charge in [-0.25, -0.2) is 13.3 Å². The van der Waals surface area contributed by atoms with E-state index < -0.39 is 40.1 Å². The number of benzene rings is 3. The highest BCUT2D eigenvalue weighted by Gasteiger charge is 2.45. The minimum absolute atomic E-state index is 0.0125. The van der Waals surface area contributed by atoms with Gasteiger partial charge in [-0.1, -0.05) is 66.2 Å². The van der Waals surface area contributed by atoms with Crippen molar-refractivity contribution in [3.63, 3.8) is 0 Å². The maximum Gasteiger partial charge on any atom is 0.304 e. The molecule has 180 valence electrons. The first-order valence-electron chi connectivity index (χ1n) is 10.9. The van der Waals surface area contributed by atoms with E-state index in [0.29, 0.717) is 11.1 Å². The summed E-state index contributed by atoms with van der Waals surface area (Å²) < 4.78 is 34.1. The molecule has 1 unspecified atom stereocenters. The number of esters is 1. The predicted molar refractivity (Wildman–Crippen MR) is 128 cm³/mol. The number of hydrogen-bond donors (Lipinski definition) is 1. The minimum Gasteiger partial charge on any atom is -0.437 e. The van der Waals surface area contributed by atoms with Gasteiger partial charge < -0.3 is 4.74 Å². The first kappa shape index (κ1) is 24.3. The summed E-state index contributed by atoms with van der Waals surface area (Å²) in [7, 11) is -4.11. The molecule has 8 nitrogen and oxygen atoms in total. The summed E-state index contributed by atoms with van der Waals surface area (Å²) >= 11 is 0. The molecule has 0 radical (unpaired) electrons. The van der Waals surface area contributed by atoms with Crippen molar-refractivity contribution in [3.8, 4) is 0 Å². The van der Waals surface area contributed by atoms with Crippen LogP contribution in [0.4, 0.5) is 0 Å². The van der Waals surface area contributed by atoms with Crippen molar-refractivity contribution in [1.82, 2.24) is 9.62 Å². The average molecular weight is 493 g/mol. The van der Waals surface area contributed by atoms with Gasteiger partial charge in [0.25, 0.3) is 11.8 Å². The lowest BCUT2D eigenvalue weighted by molar-refractivity contribution is -0.159. The SMILES string of the molecule is CC(=O)OC1c2ccccc2C(=O)N1C(=O)[C@H](Cc1ccccc1)NS(=O)(=O)c1ccc(C)cc1. The molecule has 0 fully saturated rings. The Bertz CT molecular complexity index is 1370. The van der Waals surface area contributed by atoms with Gasteiger partial charge in [-0.05, 0) is 37.1 Å². The molecule has 0 aromatic heterocycles. The Balaban J connectivity index is 1.72. The van der Waals surface area contributed by atoms with Crippen LogP contribution >= 0.6 is 0 Å². The molecule has 0 saturated heterocycles. The van der Waals surface area contributed by atoms with E-state index in [4.69, 9.17) is 4.74 Å². The normalized spacial score (nSPS) is 16.0. The summed E-state index contributed by atoms with van der Waals surface area (Å²) in [5.74, 6) is -2.17. The lowest BCUT2D eigenvalue weighted by Gasteiger charge is -2.27. The molecule has 1 N–H and O–H groups in total. The van der Waals surface area contributed by atoms with Crippen molar-refractivity contribution in [2.45, 2.75) is 37.4 Å². The standard InChI is InChI=1S/C26H24N2O6S/c1-17-12-14-20(15-13-17)35(32,33)27-23(16-19-8-4-3-5-9-19)25(31)28-24(30)21-10-6-7-11-22(21)26(28)34-18(2)29/h3-15,23,26-27H,16H2,1-2H3/t23-,26?/m0/s1. The molecule has 3 aromatic rings. The molecule has 0 saturated carbocycles. The third-order valence-electron chi connectivity index (χ3n) is 5.64. The van der Waals surface area contributed by atoms with Crippen LogP contribution in [0.25, 0.3) is 0 Å². The molecule has 0 aliphatic carbocycles. The lowest BCUT2D eigenvalue weighted by atomic mass is 10.1. The Hall–Kier alpha value is -3.82. The molecule has 1 aliphatic rings. The van der Waals surface area contributed by atoms with Crippen LogP contribution in [0.15, 0.2) is 83.8 Å². The summed E-state index contributed by atoms with van der Waals surface area (Å²) in [5, 5.41) is 0. The van der Waals surface area contributed by atoms with Gasteiger partial charge in [-0.15, -0.1) is 0 Å². The van der Waals surface area contributed by atoms with Crippen LogP contribution in [0, 0.1) is 6.92 Å². The Kier molecular flexibility index (Phi) is 6.81. The Morgan fingerprint density at radius 2 is 1.60 bits per heavy atom. The number of hydrogen-bond acceptors (Lipinski definition) is 6. The molecule has 9 heteroatoms. The van der Waals surface area contributed by atoms with Crippen LogP contribution in [0.3, 0.4) is 0 Å². The maximum absolute atomic E-state index is 13.8. The summed E-state index contributed by atoms with van der Waals surface area (Å²) in [6, 6.07) is 20.1. The number of nitrogens with zero attached hydrogens (tertiary/aromatic N) is 1. The number of carbonyl (C=O) groups excluding carboxylic acids is 3. The predicted octanol–water partition coefficient (Wildman–Crippen LogP) is 3.13. The van der Waals surface area contributed by atoms with E-state index in [2.05, 4.69) is 4.72 Å². The lowest BCUT2D eigenvalue weighted by Crippen LogP contribution is -2.51. The second-order valence-corrected chi connectivity index (χ2v) is 9.95. The fourth-order valence-electron chi connectivity index (χ4n) is 3.94. The number of aryl methyl sites for hydroxylation is 1. The second kappa shape index (κ2) is 9.81. The average Bonchev–Trinajstić information content (AvgIpc) is 3.10. The van der Waals surface area contributed by atoms with Crippen molar-refractivity contribution < 1.29 is 27.5 Å². The Morgan fingerprint density at radius 3 is 2.26 bits per heavy atom. The van der Waals surface area contributed by atoms with Gasteiger partial charge >= 0.3 is 5.97 Å². The van der Waals surface area contributed by atoms with E-state index in [1.54, 1.807) is 60.7 Å². The Labute approximate surface area is 203 Å². The van der Waals surface area contributed by atoms with Crippen molar-refractivity contribution in [3.05, 3.63) is 101 Å². The molecule has 2 atom stereocenters. The number of rotatable bonds is 7. The molecule has 4 rings (SSSR count). The quantitative estimate of drug-likeness (QED) is 0.508. The third kappa shape index (κ3) is 5.16. The van der Waals surface area contributed by atoms with Gasteiger partial charge in [-0.3, -0.25) is 14.4 Å². The molecule has 3 aromatic carbocycles. The van der Waals surface area contributed by atoms with E-state index in [1.807, 2.05) is 6.92 Å². The molecule has 1 heterocycles. The van der Waals surface area contributed by atoms with Gasteiger partial charge in [0, 0.05) is 18.1 Å². The molecule has 0 spiro atoms. The van der Waals surface area contributed by atoms with E-state index in [1.165, 1.54) is 25.1 Å². The molecule has 1 aliphatic heterocycles. The van der Waals surface area contributed by atoms with Crippen LogP contribution in [0.5, 0.6) is 0 Å². The Morgan fingerprint density at radius 1 is 0.971 bits per heavy atom. The minimum atomic E-state index is -4.11. The number of ether oxygens (including phenoxy) is 1. The van der Waals surface area contributed by atoms with Gasteiger partial charge in [0.1, 0.15) is 6.04 Å². The zero-order valence-electron chi connectivity index (χ0n) is 19.2.